The number of amides is 1. The molecule has 0 saturated heterocycles. The minimum absolute atomic E-state index is 0.0892. The maximum Gasteiger partial charge on any atom is 0.237 e. The summed E-state index contributed by atoms with van der Waals surface area (Å²) in [7, 11) is 0. The molecule has 0 saturated carbocycles. The van der Waals surface area contributed by atoms with E-state index in [2.05, 4.69) is 19.2 Å². The fourth-order valence-corrected chi connectivity index (χ4v) is 0.576. The highest BCUT2D eigenvalue weighted by Crippen LogP contribution is 2.14. The van der Waals surface area contributed by atoms with Crippen LogP contribution in [0.2, 0.25) is 0 Å². The van der Waals surface area contributed by atoms with Crippen molar-refractivity contribution in [1.29, 1.82) is 0 Å². The lowest BCUT2D eigenvalue weighted by Gasteiger charge is -2.31. The Labute approximate surface area is 74.7 Å². The maximum absolute atomic E-state index is 11.2. The predicted octanol–water partition coefficient (Wildman–Crippen LogP) is 0.884. The Morgan fingerprint density at radius 3 is 2.00 bits per heavy atom. The first-order valence-electron chi connectivity index (χ1n) is 4.35. The third-order valence-electron chi connectivity index (χ3n) is 2.30. The average Bonchev–Trinajstić information content (AvgIpc) is 1.85. The first-order valence-corrected chi connectivity index (χ1v) is 4.35. The van der Waals surface area contributed by atoms with Gasteiger partial charge in [-0.05, 0) is 26.7 Å². The molecule has 1 atom stereocenters. The molecule has 0 aromatic rings. The molecule has 0 fully saturated rings. The number of nitrogens with two attached hydrogens (primary N) is 1. The summed E-state index contributed by atoms with van der Waals surface area (Å²) < 4.78 is 0. The van der Waals surface area contributed by atoms with E-state index < -0.39 is 6.04 Å². The summed E-state index contributed by atoms with van der Waals surface area (Å²) in [6, 6.07) is -0.428. The Bertz CT molecular complexity index is 162. The van der Waals surface area contributed by atoms with Gasteiger partial charge in [-0.25, -0.2) is 0 Å². The Kier molecular flexibility index (Phi) is 3.71. The van der Waals surface area contributed by atoms with Crippen molar-refractivity contribution in [2.24, 2.45) is 11.7 Å². The molecule has 3 nitrogen and oxygen atoms in total. The molecule has 0 aliphatic carbocycles. The van der Waals surface area contributed by atoms with Crippen LogP contribution in [0, 0.1) is 5.92 Å². The molecular weight excluding hydrogens is 152 g/mol. The lowest BCUT2D eigenvalue weighted by Crippen LogP contribution is -2.52. The molecule has 1 amide bonds. The third-order valence-corrected chi connectivity index (χ3v) is 2.30. The Morgan fingerprint density at radius 1 is 1.33 bits per heavy atom. The van der Waals surface area contributed by atoms with E-state index in [4.69, 9.17) is 5.73 Å². The van der Waals surface area contributed by atoms with Gasteiger partial charge in [0.05, 0.1) is 6.04 Å². The molecule has 0 heterocycles. The molecule has 0 rings (SSSR count). The second kappa shape index (κ2) is 3.90. The minimum Gasteiger partial charge on any atom is -0.350 e. The summed E-state index contributed by atoms with van der Waals surface area (Å²) in [4.78, 5) is 11.2. The third kappa shape index (κ3) is 3.22. The number of carbonyl (C=O) groups is 1. The van der Waals surface area contributed by atoms with Gasteiger partial charge in [0.25, 0.3) is 0 Å². The predicted molar refractivity (Wildman–Crippen MR) is 50.7 cm³/mol. The fraction of sp³-hybridized carbons (Fsp3) is 0.889. The SMILES string of the molecule is CC(C)C(C)(C)NC(=O)[C@H](C)N. The second-order valence-electron chi connectivity index (χ2n) is 4.15. The summed E-state index contributed by atoms with van der Waals surface area (Å²) in [5.41, 5.74) is 5.26. The molecule has 0 aliphatic rings. The normalized spacial score (nSPS) is 14.6. The number of nitrogens with one attached hydrogen (secondary N) is 1. The summed E-state index contributed by atoms with van der Waals surface area (Å²) in [6.45, 7) is 9.82. The van der Waals surface area contributed by atoms with Crippen LogP contribution in [0.5, 0.6) is 0 Å². The summed E-state index contributed by atoms with van der Waals surface area (Å²) >= 11 is 0. The van der Waals surface area contributed by atoms with Crippen LogP contribution >= 0.6 is 0 Å². The van der Waals surface area contributed by atoms with Gasteiger partial charge in [0.2, 0.25) is 5.91 Å². The van der Waals surface area contributed by atoms with Crippen molar-refractivity contribution in [3.05, 3.63) is 0 Å². The molecule has 0 radical (unpaired) electrons. The molecule has 3 N–H and O–H groups in total. The molecule has 0 bridgehead atoms. The van der Waals surface area contributed by atoms with Gasteiger partial charge >= 0.3 is 0 Å². The molecule has 0 aliphatic heterocycles. The maximum atomic E-state index is 11.2. The molecule has 0 spiro atoms. The van der Waals surface area contributed by atoms with Crippen molar-refractivity contribution in [1.82, 2.24) is 5.32 Å². The molecule has 0 aromatic heterocycles. The van der Waals surface area contributed by atoms with E-state index in [1.165, 1.54) is 0 Å². The Morgan fingerprint density at radius 2 is 1.75 bits per heavy atom. The van der Waals surface area contributed by atoms with E-state index in [1.807, 2.05) is 13.8 Å². The molecule has 3 heteroatoms. The van der Waals surface area contributed by atoms with Crippen LogP contribution in [-0.2, 0) is 4.79 Å². The van der Waals surface area contributed by atoms with Crippen LogP contribution in [0.25, 0.3) is 0 Å². The largest absolute Gasteiger partial charge is 0.350 e. The van der Waals surface area contributed by atoms with Crippen molar-refractivity contribution in [2.45, 2.75) is 46.2 Å². The quantitative estimate of drug-likeness (QED) is 0.664. The molecule has 0 unspecified atom stereocenters. The second-order valence-corrected chi connectivity index (χ2v) is 4.15. The van der Waals surface area contributed by atoms with Gasteiger partial charge in [-0.1, -0.05) is 13.8 Å². The zero-order valence-corrected chi connectivity index (χ0v) is 8.64. The van der Waals surface area contributed by atoms with Gasteiger partial charge in [-0.3, -0.25) is 4.79 Å². The van der Waals surface area contributed by atoms with Crippen molar-refractivity contribution in [3.8, 4) is 0 Å². The van der Waals surface area contributed by atoms with Gasteiger partial charge < -0.3 is 11.1 Å². The zero-order chi connectivity index (χ0) is 9.94. The highest BCUT2D eigenvalue weighted by Gasteiger charge is 2.25. The van der Waals surface area contributed by atoms with Gasteiger partial charge in [0.15, 0.2) is 0 Å². The lowest BCUT2D eigenvalue weighted by molar-refractivity contribution is -0.124. The van der Waals surface area contributed by atoms with Crippen LogP contribution in [-0.4, -0.2) is 17.5 Å². The van der Waals surface area contributed by atoms with Crippen LogP contribution in [0.4, 0.5) is 0 Å². The molecular formula is C9H20N2O. The lowest BCUT2D eigenvalue weighted by atomic mass is 9.90. The number of carbonyl (C=O) groups excluding carboxylic acids is 1. The van der Waals surface area contributed by atoms with Crippen molar-refractivity contribution in [2.75, 3.05) is 0 Å². The average molecular weight is 172 g/mol. The van der Waals surface area contributed by atoms with Crippen LogP contribution < -0.4 is 11.1 Å². The molecule has 72 valence electrons. The van der Waals surface area contributed by atoms with Crippen LogP contribution in [0.15, 0.2) is 0 Å². The van der Waals surface area contributed by atoms with Crippen molar-refractivity contribution < 1.29 is 4.79 Å². The highest BCUT2D eigenvalue weighted by atomic mass is 16.2. The standard InChI is InChI=1S/C9H20N2O/c1-6(2)9(4,5)11-8(12)7(3)10/h6-7H,10H2,1-5H3,(H,11,12)/t7-/m0/s1. The summed E-state index contributed by atoms with van der Waals surface area (Å²) in [5, 5.41) is 2.89. The first-order chi connectivity index (χ1) is 5.27. The van der Waals surface area contributed by atoms with Gasteiger partial charge in [0, 0.05) is 5.54 Å². The summed E-state index contributed by atoms with van der Waals surface area (Å²) in [5.74, 6) is 0.314. The van der Waals surface area contributed by atoms with E-state index in [1.54, 1.807) is 6.92 Å². The summed E-state index contributed by atoms with van der Waals surface area (Å²) in [6.07, 6.45) is 0. The molecule has 12 heavy (non-hydrogen) atoms. The number of hydrogen-bond donors (Lipinski definition) is 2. The van der Waals surface area contributed by atoms with Gasteiger partial charge in [0.1, 0.15) is 0 Å². The van der Waals surface area contributed by atoms with E-state index in [-0.39, 0.29) is 11.4 Å². The first kappa shape index (κ1) is 11.4. The smallest absolute Gasteiger partial charge is 0.237 e. The van der Waals surface area contributed by atoms with E-state index in [0.29, 0.717) is 5.92 Å². The van der Waals surface area contributed by atoms with E-state index in [9.17, 15) is 4.79 Å². The van der Waals surface area contributed by atoms with Crippen LogP contribution in [0.3, 0.4) is 0 Å². The Hall–Kier alpha value is -0.570. The topological polar surface area (TPSA) is 55.1 Å². The highest BCUT2D eigenvalue weighted by molar-refractivity contribution is 5.81. The van der Waals surface area contributed by atoms with Crippen molar-refractivity contribution in [3.63, 3.8) is 0 Å². The van der Waals surface area contributed by atoms with Gasteiger partial charge in [-0.2, -0.15) is 0 Å². The Balaban J connectivity index is 4.15. The zero-order valence-electron chi connectivity index (χ0n) is 8.64. The van der Waals surface area contributed by atoms with E-state index in [0.717, 1.165) is 0 Å². The van der Waals surface area contributed by atoms with Crippen molar-refractivity contribution >= 4 is 5.91 Å². The van der Waals surface area contributed by atoms with E-state index >= 15 is 0 Å². The number of hydrogen-bond acceptors (Lipinski definition) is 2. The van der Waals surface area contributed by atoms with Gasteiger partial charge in [-0.15, -0.1) is 0 Å². The minimum atomic E-state index is -0.428. The number of rotatable bonds is 3. The monoisotopic (exact) mass is 172 g/mol. The van der Waals surface area contributed by atoms with Crippen LogP contribution in [0.1, 0.15) is 34.6 Å². The molecule has 0 aromatic carbocycles. The fourth-order valence-electron chi connectivity index (χ4n) is 0.576.